The zero-order chi connectivity index (χ0) is 19.3. The molecule has 146 valence electrons. The second-order valence-corrected chi connectivity index (χ2v) is 6.86. The number of methoxy groups -OCH3 is 1. The second-order valence-electron chi connectivity index (χ2n) is 6.86. The number of nitrogens with zero attached hydrogens (tertiary/aromatic N) is 1. The molecule has 0 aromatic heterocycles. The number of benzene rings is 2. The fourth-order valence-corrected chi connectivity index (χ4v) is 3.57. The molecule has 3 rings (SSSR count). The van der Waals surface area contributed by atoms with E-state index in [1.54, 1.807) is 13.2 Å². The SMILES string of the molecule is COc1cccc(C(CNCc2cccc(C(F)(F)F)c2)N2CCCC2)c1. The largest absolute Gasteiger partial charge is 0.497 e. The van der Waals surface area contributed by atoms with E-state index in [0.29, 0.717) is 18.7 Å². The molecule has 1 saturated heterocycles. The summed E-state index contributed by atoms with van der Waals surface area (Å²) in [6.07, 6.45) is -1.96. The van der Waals surface area contributed by atoms with Gasteiger partial charge >= 0.3 is 6.18 Å². The van der Waals surface area contributed by atoms with Crippen LogP contribution in [0.25, 0.3) is 0 Å². The number of ether oxygens (including phenoxy) is 1. The third-order valence-electron chi connectivity index (χ3n) is 4.98. The molecule has 6 heteroatoms. The van der Waals surface area contributed by atoms with Gasteiger partial charge in [-0.05, 0) is 55.3 Å². The first-order valence-electron chi connectivity index (χ1n) is 9.22. The van der Waals surface area contributed by atoms with Crippen LogP contribution in [0.4, 0.5) is 13.2 Å². The van der Waals surface area contributed by atoms with Crippen LogP contribution < -0.4 is 10.1 Å². The Morgan fingerprint density at radius 1 is 1.07 bits per heavy atom. The van der Waals surface area contributed by atoms with Crippen molar-refractivity contribution >= 4 is 0 Å². The first-order valence-corrected chi connectivity index (χ1v) is 9.22. The van der Waals surface area contributed by atoms with Gasteiger partial charge in [0.15, 0.2) is 0 Å². The molecule has 0 bridgehead atoms. The van der Waals surface area contributed by atoms with E-state index in [9.17, 15) is 13.2 Å². The van der Waals surface area contributed by atoms with Crippen LogP contribution >= 0.6 is 0 Å². The summed E-state index contributed by atoms with van der Waals surface area (Å²) in [5.74, 6) is 0.814. The van der Waals surface area contributed by atoms with Crippen molar-refractivity contribution in [2.24, 2.45) is 0 Å². The van der Waals surface area contributed by atoms with Crippen molar-refractivity contribution in [3.05, 3.63) is 65.2 Å². The molecule has 1 atom stereocenters. The quantitative estimate of drug-likeness (QED) is 0.760. The summed E-state index contributed by atoms with van der Waals surface area (Å²) >= 11 is 0. The number of nitrogens with one attached hydrogen (secondary N) is 1. The molecule has 0 amide bonds. The maximum absolute atomic E-state index is 12.9. The molecule has 1 aliphatic rings. The van der Waals surface area contributed by atoms with Gasteiger partial charge in [0.2, 0.25) is 0 Å². The highest BCUT2D eigenvalue weighted by Gasteiger charge is 2.30. The normalized spacial score (nSPS) is 16.4. The maximum atomic E-state index is 12.9. The van der Waals surface area contributed by atoms with Crippen LogP contribution in [0.5, 0.6) is 5.75 Å². The van der Waals surface area contributed by atoms with E-state index in [4.69, 9.17) is 4.74 Å². The minimum absolute atomic E-state index is 0.174. The Balaban J connectivity index is 1.68. The number of likely N-dealkylation sites (tertiary alicyclic amines) is 1. The lowest BCUT2D eigenvalue weighted by molar-refractivity contribution is -0.137. The van der Waals surface area contributed by atoms with Gasteiger partial charge in [-0.25, -0.2) is 0 Å². The van der Waals surface area contributed by atoms with Crippen molar-refractivity contribution in [3.8, 4) is 5.75 Å². The Hall–Kier alpha value is -2.05. The van der Waals surface area contributed by atoms with Gasteiger partial charge in [-0.2, -0.15) is 13.2 Å². The van der Waals surface area contributed by atoms with Crippen molar-refractivity contribution in [1.29, 1.82) is 0 Å². The summed E-state index contributed by atoms with van der Waals surface area (Å²) in [4.78, 5) is 2.42. The van der Waals surface area contributed by atoms with Gasteiger partial charge in [0.1, 0.15) is 5.75 Å². The molecule has 3 nitrogen and oxygen atoms in total. The van der Waals surface area contributed by atoms with Crippen molar-refractivity contribution in [2.45, 2.75) is 31.6 Å². The van der Waals surface area contributed by atoms with Gasteiger partial charge in [-0.15, -0.1) is 0 Å². The van der Waals surface area contributed by atoms with Crippen LogP contribution in [0.15, 0.2) is 48.5 Å². The maximum Gasteiger partial charge on any atom is 0.416 e. The van der Waals surface area contributed by atoms with Gasteiger partial charge in [-0.1, -0.05) is 30.3 Å². The van der Waals surface area contributed by atoms with E-state index in [-0.39, 0.29) is 6.04 Å². The topological polar surface area (TPSA) is 24.5 Å². The second kappa shape index (κ2) is 8.76. The Bertz CT molecular complexity index is 742. The highest BCUT2D eigenvalue weighted by Crippen LogP contribution is 2.30. The summed E-state index contributed by atoms with van der Waals surface area (Å²) in [5.41, 5.74) is 1.19. The van der Waals surface area contributed by atoms with Crippen LogP contribution in [-0.4, -0.2) is 31.6 Å². The predicted molar refractivity (Wildman–Crippen MR) is 99.7 cm³/mol. The van der Waals surface area contributed by atoms with E-state index < -0.39 is 11.7 Å². The molecule has 2 aromatic rings. The van der Waals surface area contributed by atoms with Gasteiger partial charge in [0, 0.05) is 19.1 Å². The predicted octanol–water partition coefficient (Wildman–Crippen LogP) is 4.64. The standard InChI is InChI=1S/C21H25F3N2O/c1-27-19-9-5-7-17(13-19)20(26-10-2-3-11-26)15-25-14-16-6-4-8-18(12-16)21(22,23)24/h4-9,12-13,20,25H,2-3,10-11,14-15H2,1H3. The molecule has 1 N–H and O–H groups in total. The molecule has 1 fully saturated rings. The van der Waals surface area contributed by atoms with Crippen LogP contribution in [-0.2, 0) is 12.7 Å². The van der Waals surface area contributed by atoms with Gasteiger partial charge < -0.3 is 10.1 Å². The van der Waals surface area contributed by atoms with E-state index in [2.05, 4.69) is 16.3 Å². The zero-order valence-electron chi connectivity index (χ0n) is 15.4. The molecular weight excluding hydrogens is 353 g/mol. The van der Waals surface area contributed by atoms with Gasteiger partial charge in [0.05, 0.1) is 12.7 Å². The molecule has 0 aliphatic carbocycles. The average molecular weight is 378 g/mol. The number of halogens is 3. The Morgan fingerprint density at radius 3 is 2.52 bits per heavy atom. The molecule has 1 unspecified atom stereocenters. The Morgan fingerprint density at radius 2 is 1.81 bits per heavy atom. The summed E-state index contributed by atoms with van der Waals surface area (Å²) in [7, 11) is 1.65. The number of rotatable bonds is 7. The van der Waals surface area contributed by atoms with Crippen molar-refractivity contribution in [2.75, 3.05) is 26.7 Å². The van der Waals surface area contributed by atoms with E-state index in [1.807, 2.05) is 18.2 Å². The first-order chi connectivity index (χ1) is 13.0. The minimum Gasteiger partial charge on any atom is -0.497 e. The average Bonchev–Trinajstić information content (AvgIpc) is 3.19. The number of hydrogen-bond acceptors (Lipinski definition) is 3. The lowest BCUT2D eigenvalue weighted by Gasteiger charge is -2.28. The number of alkyl halides is 3. The van der Waals surface area contributed by atoms with Crippen molar-refractivity contribution < 1.29 is 17.9 Å². The van der Waals surface area contributed by atoms with Crippen LogP contribution in [0.1, 0.15) is 35.6 Å². The third-order valence-corrected chi connectivity index (χ3v) is 4.98. The highest BCUT2D eigenvalue weighted by atomic mass is 19.4. The molecule has 0 saturated carbocycles. The molecule has 1 heterocycles. The summed E-state index contributed by atoms with van der Waals surface area (Å²) < 4.78 is 44.0. The Kier molecular flexibility index (Phi) is 6.39. The summed E-state index contributed by atoms with van der Waals surface area (Å²) in [6.45, 7) is 3.14. The molecule has 1 aliphatic heterocycles. The summed E-state index contributed by atoms with van der Waals surface area (Å²) in [5, 5.41) is 3.34. The molecule has 0 radical (unpaired) electrons. The fraction of sp³-hybridized carbons (Fsp3) is 0.429. The molecule has 0 spiro atoms. The van der Waals surface area contributed by atoms with E-state index in [1.165, 1.54) is 25.0 Å². The van der Waals surface area contributed by atoms with E-state index in [0.717, 1.165) is 30.5 Å². The zero-order valence-corrected chi connectivity index (χ0v) is 15.4. The minimum atomic E-state index is -4.31. The highest BCUT2D eigenvalue weighted by molar-refractivity contribution is 5.31. The first kappa shape index (κ1) is 19.7. The van der Waals surface area contributed by atoms with Gasteiger partial charge in [0.25, 0.3) is 0 Å². The van der Waals surface area contributed by atoms with Crippen LogP contribution in [0.2, 0.25) is 0 Å². The van der Waals surface area contributed by atoms with Crippen molar-refractivity contribution in [1.82, 2.24) is 10.2 Å². The molecule has 2 aromatic carbocycles. The van der Waals surface area contributed by atoms with Gasteiger partial charge in [-0.3, -0.25) is 4.90 Å². The van der Waals surface area contributed by atoms with E-state index >= 15 is 0 Å². The Labute approximate surface area is 158 Å². The molecular formula is C21H25F3N2O. The van der Waals surface area contributed by atoms with Crippen LogP contribution in [0.3, 0.4) is 0 Å². The number of hydrogen-bond donors (Lipinski definition) is 1. The lowest BCUT2D eigenvalue weighted by Crippen LogP contribution is -2.34. The summed E-state index contributed by atoms with van der Waals surface area (Å²) in [6, 6.07) is 13.7. The smallest absolute Gasteiger partial charge is 0.416 e. The lowest BCUT2D eigenvalue weighted by atomic mass is 10.0. The third kappa shape index (κ3) is 5.23. The fourth-order valence-electron chi connectivity index (χ4n) is 3.57. The van der Waals surface area contributed by atoms with Crippen molar-refractivity contribution in [3.63, 3.8) is 0 Å². The molecule has 27 heavy (non-hydrogen) atoms. The van der Waals surface area contributed by atoms with Crippen LogP contribution in [0, 0.1) is 0 Å². The monoisotopic (exact) mass is 378 g/mol.